The van der Waals surface area contributed by atoms with Gasteiger partial charge in [-0.05, 0) is 68.7 Å². The quantitative estimate of drug-likeness (QED) is 0.748. The van der Waals surface area contributed by atoms with Crippen molar-refractivity contribution in [3.8, 4) is 0 Å². The highest BCUT2D eigenvalue weighted by Crippen LogP contribution is 2.36. The number of rotatable bonds is 6. The van der Waals surface area contributed by atoms with E-state index in [2.05, 4.69) is 56.4 Å². The molecule has 138 valence electrons. The molecular weight excluding hydrogens is 310 g/mol. The third-order valence-corrected chi connectivity index (χ3v) is 5.23. The van der Waals surface area contributed by atoms with E-state index in [1.165, 1.54) is 0 Å². The van der Waals surface area contributed by atoms with Crippen molar-refractivity contribution in [3.63, 3.8) is 0 Å². The average molecular weight is 344 g/mol. The lowest BCUT2D eigenvalue weighted by atomic mass is 9.74. The Bertz CT molecular complexity index is 595. The highest BCUT2D eigenvalue weighted by atomic mass is 16.2. The first-order valence-corrected chi connectivity index (χ1v) is 9.45. The first kappa shape index (κ1) is 19.4. The van der Waals surface area contributed by atoms with Crippen molar-refractivity contribution in [2.45, 2.75) is 53.9 Å². The average Bonchev–Trinajstić information content (AvgIpc) is 2.61. The number of hydrogen-bond acceptors (Lipinski definition) is 3. The van der Waals surface area contributed by atoms with Crippen LogP contribution in [-0.4, -0.2) is 19.0 Å². The minimum absolute atomic E-state index is 0.0926. The van der Waals surface area contributed by atoms with Crippen LogP contribution in [0.5, 0.6) is 0 Å². The van der Waals surface area contributed by atoms with Crippen molar-refractivity contribution in [2.24, 2.45) is 11.3 Å². The molecule has 2 N–H and O–H groups in total. The van der Waals surface area contributed by atoms with Gasteiger partial charge in [0, 0.05) is 30.0 Å². The van der Waals surface area contributed by atoms with E-state index >= 15 is 0 Å². The molecule has 0 radical (unpaired) electrons. The van der Waals surface area contributed by atoms with E-state index in [0.717, 1.165) is 43.7 Å². The van der Waals surface area contributed by atoms with Gasteiger partial charge in [-0.1, -0.05) is 26.8 Å². The Morgan fingerprint density at radius 3 is 2.28 bits per heavy atom. The lowest BCUT2D eigenvalue weighted by molar-refractivity contribution is 0.0937. The zero-order valence-electron chi connectivity index (χ0n) is 16.4. The first-order valence-electron chi connectivity index (χ1n) is 9.45. The minimum atomic E-state index is -0.0926. The summed E-state index contributed by atoms with van der Waals surface area (Å²) in [7, 11) is 0. The predicted molar refractivity (Wildman–Crippen MR) is 105 cm³/mol. The molecule has 4 nitrogen and oxygen atoms in total. The van der Waals surface area contributed by atoms with Gasteiger partial charge >= 0.3 is 0 Å². The van der Waals surface area contributed by atoms with Crippen molar-refractivity contribution >= 4 is 11.6 Å². The van der Waals surface area contributed by atoms with Gasteiger partial charge in [0.15, 0.2) is 0 Å². The van der Waals surface area contributed by atoms with Gasteiger partial charge in [-0.15, -0.1) is 0 Å². The first-order chi connectivity index (χ1) is 11.8. The van der Waals surface area contributed by atoms with Crippen molar-refractivity contribution in [1.29, 1.82) is 0 Å². The molecule has 0 aliphatic heterocycles. The van der Waals surface area contributed by atoms with Gasteiger partial charge in [-0.2, -0.15) is 0 Å². The Morgan fingerprint density at radius 1 is 1.16 bits per heavy atom. The second-order valence-electron chi connectivity index (χ2n) is 7.86. The number of amides is 1. The molecule has 1 aliphatic rings. The van der Waals surface area contributed by atoms with Crippen molar-refractivity contribution in [3.05, 3.63) is 41.6 Å². The fraction of sp³-hybridized carbons (Fsp3) is 0.571. The van der Waals surface area contributed by atoms with Crippen LogP contribution in [0.1, 0.15) is 64.2 Å². The third-order valence-electron chi connectivity index (χ3n) is 5.23. The van der Waals surface area contributed by atoms with Gasteiger partial charge in [0.25, 0.3) is 5.91 Å². The summed E-state index contributed by atoms with van der Waals surface area (Å²) in [5.41, 5.74) is 9.22. The van der Waals surface area contributed by atoms with Crippen LogP contribution in [0.2, 0.25) is 0 Å². The van der Waals surface area contributed by atoms with E-state index in [-0.39, 0.29) is 5.91 Å². The summed E-state index contributed by atoms with van der Waals surface area (Å²) < 4.78 is 0. The number of benzene rings is 1. The molecule has 0 saturated heterocycles. The normalized spacial score (nSPS) is 17.6. The number of allylic oxidation sites excluding steroid dienone is 2. The standard InChI is InChI=1S/C21H33N3O/c1-6-24(7-2)19-14-8-16(9-15-19)20(25)23-22-18-12-10-17(11-13-18)21(3,4)5/h8-9,12,14-15,17,22H,6-7,10-11,13H2,1-5H3,(H,23,25)/t17-/m1/s1. The van der Waals surface area contributed by atoms with Crippen LogP contribution in [0.25, 0.3) is 0 Å². The molecule has 25 heavy (non-hydrogen) atoms. The minimum Gasteiger partial charge on any atom is -0.372 e. The van der Waals surface area contributed by atoms with Gasteiger partial charge in [0.1, 0.15) is 0 Å². The maximum atomic E-state index is 12.3. The van der Waals surface area contributed by atoms with Crippen LogP contribution in [0.3, 0.4) is 0 Å². The summed E-state index contributed by atoms with van der Waals surface area (Å²) in [4.78, 5) is 14.6. The molecule has 0 bridgehead atoms. The molecule has 0 aromatic heterocycles. The molecule has 0 heterocycles. The SMILES string of the molecule is CCN(CC)c1ccc(C(=O)NNC2=CC[C@@H](C(C)(C)C)CC2)cc1. The zero-order valence-corrected chi connectivity index (χ0v) is 16.4. The molecule has 1 aliphatic carbocycles. The largest absolute Gasteiger partial charge is 0.372 e. The van der Waals surface area contributed by atoms with Crippen molar-refractivity contribution in [2.75, 3.05) is 18.0 Å². The molecule has 0 saturated carbocycles. The van der Waals surface area contributed by atoms with E-state index in [1.54, 1.807) is 0 Å². The van der Waals surface area contributed by atoms with E-state index in [0.29, 0.717) is 16.9 Å². The van der Waals surface area contributed by atoms with Crippen LogP contribution in [0.4, 0.5) is 5.69 Å². The summed E-state index contributed by atoms with van der Waals surface area (Å²) >= 11 is 0. The number of nitrogens with zero attached hydrogens (tertiary/aromatic N) is 1. The lowest BCUT2D eigenvalue weighted by Crippen LogP contribution is -2.38. The Kier molecular flexibility index (Phi) is 6.51. The maximum absolute atomic E-state index is 12.3. The molecule has 1 aromatic carbocycles. The summed E-state index contributed by atoms with van der Waals surface area (Å²) in [6, 6.07) is 7.79. The topological polar surface area (TPSA) is 44.4 Å². The molecule has 1 amide bonds. The molecule has 2 rings (SSSR count). The highest BCUT2D eigenvalue weighted by Gasteiger charge is 2.26. The predicted octanol–water partition coefficient (Wildman–Crippen LogP) is 4.50. The molecule has 4 heteroatoms. The zero-order chi connectivity index (χ0) is 18.4. The van der Waals surface area contributed by atoms with Crippen LogP contribution >= 0.6 is 0 Å². The van der Waals surface area contributed by atoms with Crippen LogP contribution < -0.4 is 15.8 Å². The maximum Gasteiger partial charge on any atom is 0.269 e. The molecule has 0 spiro atoms. The second kappa shape index (κ2) is 8.41. The Balaban J connectivity index is 1.87. The smallest absolute Gasteiger partial charge is 0.269 e. The van der Waals surface area contributed by atoms with E-state index < -0.39 is 0 Å². The van der Waals surface area contributed by atoms with Gasteiger partial charge < -0.3 is 10.3 Å². The number of carbonyl (C=O) groups is 1. The fourth-order valence-corrected chi connectivity index (χ4v) is 3.36. The summed E-state index contributed by atoms with van der Waals surface area (Å²) in [6.45, 7) is 13.1. The third kappa shape index (κ3) is 5.25. The Labute approximate surface area is 152 Å². The number of hydrogen-bond donors (Lipinski definition) is 2. The van der Waals surface area contributed by atoms with Gasteiger partial charge in [-0.3, -0.25) is 10.2 Å². The van der Waals surface area contributed by atoms with Gasteiger partial charge in [0.2, 0.25) is 0 Å². The summed E-state index contributed by atoms with van der Waals surface area (Å²) in [6.07, 6.45) is 5.45. The van der Waals surface area contributed by atoms with Crippen LogP contribution in [0, 0.1) is 11.3 Å². The Hall–Kier alpha value is -1.97. The van der Waals surface area contributed by atoms with E-state index in [9.17, 15) is 4.79 Å². The fourth-order valence-electron chi connectivity index (χ4n) is 3.36. The monoisotopic (exact) mass is 343 g/mol. The summed E-state index contributed by atoms with van der Waals surface area (Å²) in [5.74, 6) is 0.617. The Morgan fingerprint density at radius 2 is 1.80 bits per heavy atom. The van der Waals surface area contributed by atoms with Crippen LogP contribution in [-0.2, 0) is 0 Å². The molecule has 0 fully saturated rings. The molecule has 1 aromatic rings. The molecule has 1 atom stereocenters. The summed E-state index contributed by atoms with van der Waals surface area (Å²) in [5, 5.41) is 0. The van der Waals surface area contributed by atoms with Crippen molar-refractivity contribution in [1.82, 2.24) is 10.9 Å². The van der Waals surface area contributed by atoms with Crippen molar-refractivity contribution < 1.29 is 4.79 Å². The number of anilines is 1. The second-order valence-corrected chi connectivity index (χ2v) is 7.86. The van der Waals surface area contributed by atoms with E-state index in [4.69, 9.17) is 0 Å². The number of nitrogens with one attached hydrogen (secondary N) is 2. The molecule has 0 unspecified atom stereocenters. The van der Waals surface area contributed by atoms with Gasteiger partial charge in [0.05, 0.1) is 0 Å². The number of carbonyl (C=O) groups excluding carboxylic acids is 1. The molecular formula is C21H33N3O. The lowest BCUT2D eigenvalue weighted by Gasteiger charge is -2.33. The van der Waals surface area contributed by atoms with Crippen LogP contribution in [0.15, 0.2) is 36.0 Å². The van der Waals surface area contributed by atoms with E-state index in [1.807, 2.05) is 24.3 Å². The number of hydrazine groups is 1. The highest BCUT2D eigenvalue weighted by molar-refractivity contribution is 5.94. The van der Waals surface area contributed by atoms with Gasteiger partial charge in [-0.25, -0.2) is 0 Å².